The van der Waals surface area contributed by atoms with Gasteiger partial charge in [0.2, 0.25) is 0 Å². The number of fused-ring (bicyclic) bond motifs is 1. The first-order valence-corrected chi connectivity index (χ1v) is 8.56. The highest BCUT2D eigenvalue weighted by Gasteiger charge is 2.07. The molecule has 3 N–H and O–H groups in total. The molecule has 3 aromatic rings. The van der Waals surface area contributed by atoms with E-state index in [4.69, 9.17) is 4.42 Å². The number of nitrogens with one attached hydrogen (secondary N) is 3. The SMILES string of the molecule is CSCc1ccc(CNc2cc3[nH]c(=O)[nH]c3cc2Br)o1. The smallest absolute Gasteiger partial charge is 0.323 e. The van der Waals surface area contributed by atoms with Crippen molar-refractivity contribution in [2.45, 2.75) is 12.3 Å². The Kier molecular flexibility index (Phi) is 4.12. The summed E-state index contributed by atoms with van der Waals surface area (Å²) in [5.41, 5.74) is 2.24. The molecule has 110 valence electrons. The monoisotopic (exact) mass is 367 g/mol. The van der Waals surface area contributed by atoms with E-state index >= 15 is 0 Å². The van der Waals surface area contributed by atoms with Gasteiger partial charge in [-0.15, -0.1) is 0 Å². The van der Waals surface area contributed by atoms with Gasteiger partial charge in [0.25, 0.3) is 0 Å². The second-order valence-electron chi connectivity index (χ2n) is 4.61. The van der Waals surface area contributed by atoms with E-state index in [9.17, 15) is 4.79 Å². The Balaban J connectivity index is 1.77. The van der Waals surface area contributed by atoms with Crippen LogP contribution in [0.5, 0.6) is 0 Å². The summed E-state index contributed by atoms with van der Waals surface area (Å²) in [6.45, 7) is 0.590. The molecule has 2 heterocycles. The van der Waals surface area contributed by atoms with Crippen LogP contribution in [0, 0.1) is 0 Å². The van der Waals surface area contributed by atoms with Crippen LogP contribution < -0.4 is 11.0 Å². The topological polar surface area (TPSA) is 73.8 Å². The van der Waals surface area contributed by atoms with E-state index in [1.807, 2.05) is 30.5 Å². The van der Waals surface area contributed by atoms with Gasteiger partial charge in [0.15, 0.2) is 0 Å². The van der Waals surface area contributed by atoms with E-state index in [0.717, 1.165) is 38.5 Å². The van der Waals surface area contributed by atoms with Gasteiger partial charge in [-0.25, -0.2) is 4.79 Å². The fourth-order valence-electron chi connectivity index (χ4n) is 2.11. The van der Waals surface area contributed by atoms with Gasteiger partial charge in [-0.1, -0.05) is 0 Å². The molecule has 0 saturated heterocycles. The van der Waals surface area contributed by atoms with Crippen molar-refractivity contribution in [3.63, 3.8) is 0 Å². The summed E-state index contributed by atoms with van der Waals surface area (Å²) in [4.78, 5) is 16.8. The van der Waals surface area contributed by atoms with Crippen LogP contribution in [0.1, 0.15) is 11.5 Å². The van der Waals surface area contributed by atoms with Crippen molar-refractivity contribution >= 4 is 44.4 Å². The molecule has 0 aliphatic carbocycles. The minimum Gasteiger partial charge on any atom is -0.463 e. The zero-order valence-corrected chi connectivity index (χ0v) is 13.7. The van der Waals surface area contributed by atoms with Crippen LogP contribution in [0.15, 0.2) is 37.9 Å². The number of thioether (sulfide) groups is 1. The molecule has 0 amide bonds. The molecule has 0 saturated carbocycles. The largest absolute Gasteiger partial charge is 0.463 e. The van der Waals surface area contributed by atoms with Crippen LogP contribution in [0.25, 0.3) is 11.0 Å². The Morgan fingerprint density at radius 2 is 1.95 bits per heavy atom. The lowest BCUT2D eigenvalue weighted by Gasteiger charge is -2.07. The van der Waals surface area contributed by atoms with Crippen LogP contribution in [0.4, 0.5) is 5.69 Å². The molecule has 0 bridgehead atoms. The van der Waals surface area contributed by atoms with E-state index in [1.165, 1.54) is 0 Å². The highest BCUT2D eigenvalue weighted by atomic mass is 79.9. The first-order chi connectivity index (χ1) is 10.2. The molecule has 3 rings (SSSR count). The maximum atomic E-state index is 11.3. The predicted molar refractivity (Wildman–Crippen MR) is 89.9 cm³/mol. The molecular weight excluding hydrogens is 354 g/mol. The van der Waals surface area contributed by atoms with E-state index in [-0.39, 0.29) is 5.69 Å². The van der Waals surface area contributed by atoms with Crippen molar-refractivity contribution in [2.75, 3.05) is 11.6 Å². The molecule has 0 spiro atoms. The molecular formula is C14H14BrN3O2S. The third-order valence-corrected chi connectivity index (χ3v) is 4.29. The Bertz CT molecular complexity index is 821. The van der Waals surface area contributed by atoms with Crippen LogP contribution in [-0.4, -0.2) is 16.2 Å². The molecule has 2 aromatic heterocycles. The number of hydrogen-bond donors (Lipinski definition) is 3. The van der Waals surface area contributed by atoms with E-state index in [0.29, 0.717) is 6.54 Å². The predicted octanol–water partition coefficient (Wildman–Crippen LogP) is 3.69. The number of halogens is 1. The molecule has 5 nitrogen and oxygen atoms in total. The molecule has 0 unspecified atom stereocenters. The average Bonchev–Trinajstić information content (AvgIpc) is 3.02. The van der Waals surface area contributed by atoms with Gasteiger partial charge in [0.05, 0.1) is 29.0 Å². The summed E-state index contributed by atoms with van der Waals surface area (Å²) in [7, 11) is 0. The lowest BCUT2D eigenvalue weighted by Crippen LogP contribution is -1.99. The number of aromatic nitrogens is 2. The maximum absolute atomic E-state index is 11.3. The van der Waals surface area contributed by atoms with Gasteiger partial charge in [-0.2, -0.15) is 11.8 Å². The third-order valence-electron chi connectivity index (χ3n) is 3.06. The zero-order valence-electron chi connectivity index (χ0n) is 11.3. The van der Waals surface area contributed by atoms with Crippen LogP contribution in [0.3, 0.4) is 0 Å². The minimum atomic E-state index is -0.207. The molecule has 0 radical (unpaired) electrons. The standard InChI is InChI=1S/C14H14BrN3O2S/c1-21-7-9-3-2-8(20-9)6-16-11-5-13-12(4-10(11)15)17-14(19)18-13/h2-5,16H,6-7H2,1H3,(H2,17,18,19). The third kappa shape index (κ3) is 3.19. The summed E-state index contributed by atoms with van der Waals surface area (Å²) in [6, 6.07) is 7.73. The minimum absolute atomic E-state index is 0.207. The number of furan rings is 1. The van der Waals surface area contributed by atoms with Gasteiger partial charge in [-0.05, 0) is 46.5 Å². The molecule has 7 heteroatoms. The molecule has 0 fully saturated rings. The number of imidazole rings is 1. The lowest BCUT2D eigenvalue weighted by atomic mass is 10.2. The zero-order chi connectivity index (χ0) is 14.8. The van der Waals surface area contributed by atoms with Crippen molar-refractivity contribution in [3.8, 4) is 0 Å². The first-order valence-electron chi connectivity index (χ1n) is 6.37. The summed E-state index contributed by atoms with van der Waals surface area (Å²) < 4.78 is 6.60. The number of H-pyrrole nitrogens is 2. The van der Waals surface area contributed by atoms with Crippen LogP contribution >= 0.6 is 27.7 Å². The molecule has 1 aromatic carbocycles. The lowest BCUT2D eigenvalue weighted by molar-refractivity contribution is 0.487. The van der Waals surface area contributed by atoms with Crippen molar-refractivity contribution in [1.82, 2.24) is 9.97 Å². The molecule has 0 atom stereocenters. The van der Waals surface area contributed by atoms with Crippen LogP contribution in [-0.2, 0) is 12.3 Å². The maximum Gasteiger partial charge on any atom is 0.323 e. The second-order valence-corrected chi connectivity index (χ2v) is 6.33. The normalized spacial score (nSPS) is 11.1. The van der Waals surface area contributed by atoms with Gasteiger partial charge in [0, 0.05) is 4.47 Å². The number of rotatable bonds is 5. The Morgan fingerprint density at radius 3 is 2.71 bits per heavy atom. The van der Waals surface area contributed by atoms with E-state index in [1.54, 1.807) is 11.8 Å². The number of benzene rings is 1. The average molecular weight is 368 g/mol. The van der Waals surface area contributed by atoms with Crippen LogP contribution in [0.2, 0.25) is 0 Å². The fraction of sp³-hybridized carbons (Fsp3) is 0.214. The molecule has 0 aliphatic rings. The van der Waals surface area contributed by atoms with Crippen molar-refractivity contribution < 1.29 is 4.42 Å². The molecule has 21 heavy (non-hydrogen) atoms. The number of aromatic amines is 2. The highest BCUT2D eigenvalue weighted by molar-refractivity contribution is 9.10. The van der Waals surface area contributed by atoms with Crippen molar-refractivity contribution in [3.05, 3.63) is 50.7 Å². The Hall–Kier alpha value is -1.60. The van der Waals surface area contributed by atoms with Crippen molar-refractivity contribution in [1.29, 1.82) is 0 Å². The number of anilines is 1. The quantitative estimate of drug-likeness (QED) is 0.642. The second kappa shape index (κ2) is 6.03. The summed E-state index contributed by atoms with van der Waals surface area (Å²) in [6.07, 6.45) is 2.05. The van der Waals surface area contributed by atoms with Gasteiger partial charge in [-0.3, -0.25) is 0 Å². The fourth-order valence-corrected chi connectivity index (χ4v) is 3.03. The van der Waals surface area contributed by atoms with Gasteiger partial charge in [0.1, 0.15) is 11.5 Å². The van der Waals surface area contributed by atoms with Crippen molar-refractivity contribution in [2.24, 2.45) is 0 Å². The van der Waals surface area contributed by atoms with E-state index in [2.05, 4.69) is 31.2 Å². The van der Waals surface area contributed by atoms with E-state index < -0.39 is 0 Å². The summed E-state index contributed by atoms with van der Waals surface area (Å²) >= 11 is 5.23. The Morgan fingerprint density at radius 1 is 1.24 bits per heavy atom. The number of hydrogen-bond acceptors (Lipinski definition) is 4. The summed E-state index contributed by atoms with van der Waals surface area (Å²) in [5, 5.41) is 3.30. The summed E-state index contributed by atoms with van der Waals surface area (Å²) in [5.74, 6) is 2.73. The first kappa shape index (κ1) is 14.3. The molecule has 0 aliphatic heterocycles. The van der Waals surface area contributed by atoms with Gasteiger partial charge >= 0.3 is 5.69 Å². The Labute approximate surface area is 133 Å². The van der Waals surface area contributed by atoms with Gasteiger partial charge < -0.3 is 19.7 Å². The highest BCUT2D eigenvalue weighted by Crippen LogP contribution is 2.27.